The second-order valence-corrected chi connectivity index (χ2v) is 3.54. The lowest BCUT2D eigenvalue weighted by atomic mass is 10.1. The molecule has 1 aromatic heterocycles. The number of benzene rings is 1. The van der Waals surface area contributed by atoms with E-state index in [-0.39, 0.29) is 0 Å². The molecule has 0 aliphatic rings. The first-order valence-electron chi connectivity index (χ1n) is 5.29. The monoisotopic (exact) mass is 218 g/mol. The minimum Gasteiger partial charge on any atom is -0.386 e. The molecule has 1 heterocycles. The van der Waals surface area contributed by atoms with Gasteiger partial charge in [0.25, 0.3) is 0 Å². The maximum atomic E-state index is 9.93. The molecule has 1 atom stereocenters. The van der Waals surface area contributed by atoms with E-state index in [1.165, 1.54) is 4.80 Å². The highest BCUT2D eigenvalue weighted by Gasteiger charge is 2.09. The zero-order chi connectivity index (χ0) is 11.4. The molecular weight excluding hydrogens is 204 g/mol. The highest BCUT2D eigenvalue weighted by atomic mass is 16.3. The molecule has 1 unspecified atom stereocenters. The van der Waals surface area contributed by atoms with Crippen molar-refractivity contribution in [3.05, 3.63) is 41.7 Å². The molecule has 0 spiro atoms. The van der Waals surface area contributed by atoms with Crippen LogP contribution in [0.3, 0.4) is 0 Å². The third-order valence-corrected chi connectivity index (χ3v) is 2.33. The van der Waals surface area contributed by atoms with Gasteiger partial charge in [0.05, 0.1) is 6.54 Å². The predicted octanol–water partition coefficient (Wildman–Crippen LogP) is 0.969. The first kappa shape index (κ1) is 10.8. The normalized spacial score (nSPS) is 12.6. The second kappa shape index (κ2) is 4.85. The number of rotatable bonds is 4. The SMILES string of the molecule is CCc1nnn(CC(O)c2ccccc2)n1. The first-order valence-corrected chi connectivity index (χ1v) is 5.29. The second-order valence-electron chi connectivity index (χ2n) is 3.54. The molecule has 5 heteroatoms. The minimum absolute atomic E-state index is 0.330. The lowest BCUT2D eigenvalue weighted by molar-refractivity contribution is 0.144. The molecule has 0 radical (unpaired) electrons. The van der Waals surface area contributed by atoms with Crippen molar-refractivity contribution < 1.29 is 5.11 Å². The van der Waals surface area contributed by atoms with Gasteiger partial charge in [0.15, 0.2) is 5.82 Å². The van der Waals surface area contributed by atoms with Crippen LogP contribution < -0.4 is 0 Å². The minimum atomic E-state index is -0.597. The van der Waals surface area contributed by atoms with E-state index in [1.807, 2.05) is 37.3 Å². The van der Waals surface area contributed by atoms with Crippen LogP contribution in [0.2, 0.25) is 0 Å². The number of tetrazole rings is 1. The van der Waals surface area contributed by atoms with Crippen molar-refractivity contribution >= 4 is 0 Å². The van der Waals surface area contributed by atoms with E-state index in [9.17, 15) is 5.11 Å². The summed E-state index contributed by atoms with van der Waals surface area (Å²) in [6.07, 6.45) is 0.154. The Morgan fingerprint density at radius 2 is 2.06 bits per heavy atom. The van der Waals surface area contributed by atoms with Gasteiger partial charge in [-0.05, 0) is 10.8 Å². The molecular formula is C11H14N4O. The fraction of sp³-hybridized carbons (Fsp3) is 0.364. The average molecular weight is 218 g/mol. The Morgan fingerprint density at radius 1 is 1.31 bits per heavy atom. The fourth-order valence-electron chi connectivity index (χ4n) is 1.43. The van der Waals surface area contributed by atoms with E-state index in [0.29, 0.717) is 12.4 Å². The highest BCUT2D eigenvalue weighted by molar-refractivity contribution is 5.16. The summed E-state index contributed by atoms with van der Waals surface area (Å²) < 4.78 is 0. The number of hydrogen-bond acceptors (Lipinski definition) is 4. The average Bonchev–Trinajstić information content (AvgIpc) is 2.78. The van der Waals surface area contributed by atoms with Gasteiger partial charge in [-0.1, -0.05) is 37.3 Å². The predicted molar refractivity (Wildman–Crippen MR) is 58.6 cm³/mol. The highest BCUT2D eigenvalue weighted by Crippen LogP contribution is 2.13. The summed E-state index contributed by atoms with van der Waals surface area (Å²) in [7, 11) is 0. The molecule has 16 heavy (non-hydrogen) atoms. The Balaban J connectivity index is 2.05. The first-order chi connectivity index (χ1) is 7.79. The van der Waals surface area contributed by atoms with Crippen LogP contribution >= 0.6 is 0 Å². The molecule has 84 valence electrons. The maximum Gasteiger partial charge on any atom is 0.174 e. The molecule has 0 bridgehead atoms. The number of aromatic nitrogens is 4. The third kappa shape index (κ3) is 2.43. The molecule has 0 aliphatic carbocycles. The molecule has 0 aliphatic heterocycles. The van der Waals surface area contributed by atoms with Gasteiger partial charge in [-0.15, -0.1) is 10.2 Å². The Kier molecular flexibility index (Phi) is 3.26. The summed E-state index contributed by atoms with van der Waals surface area (Å²) in [5.74, 6) is 0.695. The van der Waals surface area contributed by atoms with Gasteiger partial charge in [0, 0.05) is 6.42 Å². The van der Waals surface area contributed by atoms with E-state index < -0.39 is 6.10 Å². The fourth-order valence-corrected chi connectivity index (χ4v) is 1.43. The van der Waals surface area contributed by atoms with Crippen LogP contribution in [0.15, 0.2) is 30.3 Å². The summed E-state index contributed by atoms with van der Waals surface area (Å²) in [4.78, 5) is 1.43. The number of nitrogens with zero attached hydrogens (tertiary/aromatic N) is 4. The lowest BCUT2D eigenvalue weighted by Gasteiger charge is -2.08. The molecule has 0 amide bonds. The van der Waals surface area contributed by atoms with Crippen LogP contribution in [0, 0.1) is 0 Å². The zero-order valence-corrected chi connectivity index (χ0v) is 9.11. The van der Waals surface area contributed by atoms with Crippen molar-refractivity contribution in [2.75, 3.05) is 0 Å². The van der Waals surface area contributed by atoms with E-state index in [2.05, 4.69) is 15.4 Å². The molecule has 1 aromatic carbocycles. The summed E-state index contributed by atoms with van der Waals surface area (Å²) in [5.41, 5.74) is 0.859. The Labute approximate surface area is 93.7 Å². The molecule has 2 aromatic rings. The van der Waals surface area contributed by atoms with Crippen molar-refractivity contribution in [3.8, 4) is 0 Å². The zero-order valence-electron chi connectivity index (χ0n) is 9.11. The summed E-state index contributed by atoms with van der Waals surface area (Å²) in [5, 5.41) is 21.8. The Hall–Kier alpha value is -1.75. The van der Waals surface area contributed by atoms with Crippen LogP contribution in [-0.2, 0) is 13.0 Å². The van der Waals surface area contributed by atoms with Crippen molar-refractivity contribution in [1.29, 1.82) is 0 Å². The van der Waals surface area contributed by atoms with Crippen LogP contribution in [0.1, 0.15) is 24.4 Å². The van der Waals surface area contributed by atoms with Crippen LogP contribution in [0.5, 0.6) is 0 Å². The molecule has 0 fully saturated rings. The van der Waals surface area contributed by atoms with Crippen molar-refractivity contribution in [2.45, 2.75) is 26.0 Å². The summed E-state index contributed by atoms with van der Waals surface area (Å²) in [6.45, 7) is 2.30. The standard InChI is InChI=1S/C11H14N4O/c1-2-11-12-14-15(13-11)8-10(16)9-6-4-3-5-7-9/h3-7,10,16H,2,8H2,1H3. The van der Waals surface area contributed by atoms with Crippen molar-refractivity contribution in [2.24, 2.45) is 0 Å². The number of aryl methyl sites for hydroxylation is 1. The van der Waals surface area contributed by atoms with E-state index in [0.717, 1.165) is 12.0 Å². The molecule has 5 nitrogen and oxygen atoms in total. The summed E-state index contributed by atoms with van der Waals surface area (Å²) >= 11 is 0. The molecule has 0 saturated heterocycles. The van der Waals surface area contributed by atoms with Gasteiger partial charge in [-0.3, -0.25) is 0 Å². The van der Waals surface area contributed by atoms with Gasteiger partial charge < -0.3 is 5.11 Å². The van der Waals surface area contributed by atoms with Crippen LogP contribution in [-0.4, -0.2) is 25.3 Å². The maximum absolute atomic E-state index is 9.93. The van der Waals surface area contributed by atoms with Gasteiger partial charge in [0.2, 0.25) is 0 Å². The molecule has 1 N–H and O–H groups in total. The number of aliphatic hydroxyl groups excluding tert-OH is 1. The van der Waals surface area contributed by atoms with Gasteiger partial charge in [-0.25, -0.2) is 0 Å². The lowest BCUT2D eigenvalue weighted by Crippen LogP contribution is -2.11. The topological polar surface area (TPSA) is 63.8 Å². The molecule has 2 rings (SSSR count). The Morgan fingerprint density at radius 3 is 2.69 bits per heavy atom. The smallest absolute Gasteiger partial charge is 0.174 e. The summed E-state index contributed by atoms with van der Waals surface area (Å²) in [6, 6.07) is 9.46. The van der Waals surface area contributed by atoms with Gasteiger partial charge in [0.1, 0.15) is 6.10 Å². The molecule has 0 saturated carbocycles. The van der Waals surface area contributed by atoms with Crippen LogP contribution in [0.4, 0.5) is 0 Å². The van der Waals surface area contributed by atoms with Crippen molar-refractivity contribution in [3.63, 3.8) is 0 Å². The largest absolute Gasteiger partial charge is 0.386 e. The van der Waals surface area contributed by atoms with Gasteiger partial charge in [-0.2, -0.15) is 4.80 Å². The third-order valence-electron chi connectivity index (χ3n) is 2.33. The number of hydrogen-bond donors (Lipinski definition) is 1. The van der Waals surface area contributed by atoms with Crippen LogP contribution in [0.25, 0.3) is 0 Å². The van der Waals surface area contributed by atoms with E-state index in [1.54, 1.807) is 0 Å². The van der Waals surface area contributed by atoms with E-state index >= 15 is 0 Å². The van der Waals surface area contributed by atoms with Gasteiger partial charge >= 0.3 is 0 Å². The van der Waals surface area contributed by atoms with E-state index in [4.69, 9.17) is 0 Å². The quantitative estimate of drug-likeness (QED) is 0.830. The van der Waals surface area contributed by atoms with Crippen molar-refractivity contribution in [1.82, 2.24) is 20.2 Å². The Bertz CT molecular complexity index is 440. The number of aliphatic hydroxyl groups is 1.